The number of para-hydroxylation sites is 2. The Morgan fingerprint density at radius 3 is 2.62 bits per heavy atom. The van der Waals surface area contributed by atoms with Gasteiger partial charge in [0.2, 0.25) is 11.8 Å². The predicted octanol–water partition coefficient (Wildman–Crippen LogP) is 2.78. The molecule has 1 aliphatic heterocycles. The molecule has 0 bridgehead atoms. The first-order valence-corrected chi connectivity index (χ1v) is 8.78. The Hall–Kier alpha value is -2.73. The van der Waals surface area contributed by atoms with E-state index in [0.29, 0.717) is 18.3 Å². The highest BCUT2D eigenvalue weighted by Gasteiger charge is 2.33. The molecule has 0 radical (unpaired) electrons. The SMILES string of the molecule is O=C1CN(C(=O)CN(Cc2ccc(F)cc2)C2CC2)c2ccccc2N1. The van der Waals surface area contributed by atoms with Crippen LogP contribution >= 0.6 is 0 Å². The molecule has 1 aliphatic carbocycles. The van der Waals surface area contributed by atoms with E-state index in [9.17, 15) is 14.0 Å². The second kappa shape index (κ2) is 6.88. The van der Waals surface area contributed by atoms with Gasteiger partial charge in [-0.05, 0) is 42.7 Å². The maximum atomic E-state index is 13.1. The van der Waals surface area contributed by atoms with Crippen molar-refractivity contribution in [2.75, 3.05) is 23.3 Å². The normalized spacial score (nSPS) is 16.4. The van der Waals surface area contributed by atoms with E-state index in [-0.39, 0.29) is 30.7 Å². The van der Waals surface area contributed by atoms with Gasteiger partial charge in [0.05, 0.1) is 17.9 Å². The van der Waals surface area contributed by atoms with Crippen molar-refractivity contribution in [3.05, 3.63) is 59.9 Å². The topological polar surface area (TPSA) is 52.7 Å². The van der Waals surface area contributed by atoms with Crippen LogP contribution in [0.3, 0.4) is 0 Å². The summed E-state index contributed by atoms with van der Waals surface area (Å²) >= 11 is 0. The van der Waals surface area contributed by atoms with Gasteiger partial charge in [-0.2, -0.15) is 0 Å². The van der Waals surface area contributed by atoms with Crippen molar-refractivity contribution in [1.82, 2.24) is 4.90 Å². The summed E-state index contributed by atoms with van der Waals surface area (Å²) in [5.41, 5.74) is 2.37. The van der Waals surface area contributed by atoms with Crippen molar-refractivity contribution in [2.24, 2.45) is 0 Å². The summed E-state index contributed by atoms with van der Waals surface area (Å²) < 4.78 is 13.1. The summed E-state index contributed by atoms with van der Waals surface area (Å²) in [5, 5.41) is 2.80. The molecule has 1 heterocycles. The summed E-state index contributed by atoms with van der Waals surface area (Å²) in [4.78, 5) is 28.5. The van der Waals surface area contributed by atoms with Gasteiger partial charge in [-0.25, -0.2) is 4.39 Å². The highest BCUT2D eigenvalue weighted by molar-refractivity contribution is 6.10. The number of benzene rings is 2. The van der Waals surface area contributed by atoms with Gasteiger partial charge in [-0.3, -0.25) is 19.4 Å². The number of amides is 2. The van der Waals surface area contributed by atoms with Crippen LogP contribution in [0, 0.1) is 5.82 Å². The summed E-state index contributed by atoms with van der Waals surface area (Å²) in [6.45, 7) is 0.868. The van der Waals surface area contributed by atoms with Gasteiger partial charge in [0.25, 0.3) is 0 Å². The number of carbonyl (C=O) groups excluding carboxylic acids is 2. The molecule has 134 valence electrons. The Balaban J connectivity index is 1.50. The number of anilines is 2. The van der Waals surface area contributed by atoms with Crippen LogP contribution in [0.4, 0.5) is 15.8 Å². The lowest BCUT2D eigenvalue weighted by molar-refractivity contribution is -0.122. The summed E-state index contributed by atoms with van der Waals surface area (Å²) in [6.07, 6.45) is 2.12. The Labute approximate surface area is 151 Å². The van der Waals surface area contributed by atoms with Crippen molar-refractivity contribution in [3.63, 3.8) is 0 Å². The molecule has 6 heteroatoms. The lowest BCUT2D eigenvalue weighted by Gasteiger charge is -2.31. The quantitative estimate of drug-likeness (QED) is 0.899. The van der Waals surface area contributed by atoms with Gasteiger partial charge in [-0.15, -0.1) is 0 Å². The fourth-order valence-electron chi connectivity index (χ4n) is 3.29. The van der Waals surface area contributed by atoms with Gasteiger partial charge in [0, 0.05) is 12.6 Å². The van der Waals surface area contributed by atoms with Crippen molar-refractivity contribution >= 4 is 23.2 Å². The van der Waals surface area contributed by atoms with Crippen molar-refractivity contribution in [1.29, 1.82) is 0 Å². The number of nitrogens with zero attached hydrogens (tertiary/aromatic N) is 2. The highest BCUT2D eigenvalue weighted by atomic mass is 19.1. The lowest BCUT2D eigenvalue weighted by Crippen LogP contribution is -2.47. The maximum Gasteiger partial charge on any atom is 0.244 e. The number of nitrogens with one attached hydrogen (secondary N) is 1. The third-order valence-corrected chi connectivity index (χ3v) is 4.77. The number of halogens is 1. The average molecular weight is 353 g/mol. The van der Waals surface area contributed by atoms with Crippen molar-refractivity contribution in [3.8, 4) is 0 Å². The van der Waals surface area contributed by atoms with Crippen LogP contribution in [0.15, 0.2) is 48.5 Å². The van der Waals surface area contributed by atoms with E-state index >= 15 is 0 Å². The Bertz CT molecular complexity index is 833. The second-order valence-corrected chi connectivity index (χ2v) is 6.81. The summed E-state index contributed by atoms with van der Waals surface area (Å²) in [6, 6.07) is 14.1. The van der Waals surface area contributed by atoms with Gasteiger partial charge < -0.3 is 5.32 Å². The molecule has 2 aromatic carbocycles. The standard InChI is InChI=1S/C20H20FN3O2/c21-15-7-5-14(6-8-15)11-23(16-9-10-16)13-20(26)24-12-19(25)22-17-3-1-2-4-18(17)24/h1-8,16H,9-13H2,(H,22,25). The smallest absolute Gasteiger partial charge is 0.244 e. The predicted molar refractivity (Wildman–Crippen MR) is 97.3 cm³/mol. The third kappa shape index (κ3) is 3.60. The largest absolute Gasteiger partial charge is 0.323 e. The number of hydrogen-bond donors (Lipinski definition) is 1. The van der Waals surface area contributed by atoms with E-state index in [1.807, 2.05) is 18.2 Å². The van der Waals surface area contributed by atoms with Gasteiger partial charge in [-0.1, -0.05) is 24.3 Å². The van der Waals surface area contributed by atoms with Crippen LogP contribution in [-0.2, 0) is 16.1 Å². The Kier molecular flexibility index (Phi) is 4.42. The zero-order valence-electron chi connectivity index (χ0n) is 14.3. The summed E-state index contributed by atoms with van der Waals surface area (Å²) in [5.74, 6) is -0.548. The zero-order chi connectivity index (χ0) is 18.1. The molecule has 1 fully saturated rings. The molecule has 2 amide bonds. The molecule has 0 unspecified atom stereocenters. The van der Waals surface area contributed by atoms with Crippen LogP contribution in [-0.4, -0.2) is 35.8 Å². The Morgan fingerprint density at radius 2 is 1.88 bits per heavy atom. The van der Waals surface area contributed by atoms with E-state index in [4.69, 9.17) is 0 Å². The van der Waals surface area contributed by atoms with E-state index in [1.54, 1.807) is 23.1 Å². The van der Waals surface area contributed by atoms with Crippen molar-refractivity contribution in [2.45, 2.75) is 25.4 Å². The number of rotatable bonds is 5. The molecule has 26 heavy (non-hydrogen) atoms. The number of carbonyl (C=O) groups is 2. The third-order valence-electron chi connectivity index (χ3n) is 4.77. The summed E-state index contributed by atoms with van der Waals surface area (Å²) in [7, 11) is 0. The van der Waals surface area contributed by atoms with Crippen LogP contribution in [0.2, 0.25) is 0 Å². The minimum Gasteiger partial charge on any atom is -0.323 e. The monoisotopic (exact) mass is 353 g/mol. The fraction of sp³-hybridized carbons (Fsp3) is 0.300. The first kappa shape index (κ1) is 16.7. The fourth-order valence-corrected chi connectivity index (χ4v) is 3.29. The van der Waals surface area contributed by atoms with E-state index in [0.717, 1.165) is 24.1 Å². The van der Waals surface area contributed by atoms with Crippen LogP contribution in [0.1, 0.15) is 18.4 Å². The molecular weight excluding hydrogens is 333 g/mol. The average Bonchev–Trinajstić information content (AvgIpc) is 3.47. The molecule has 0 aromatic heterocycles. The first-order valence-electron chi connectivity index (χ1n) is 8.78. The van der Waals surface area contributed by atoms with Crippen LogP contribution in [0.5, 0.6) is 0 Å². The van der Waals surface area contributed by atoms with Gasteiger partial charge in [0.15, 0.2) is 0 Å². The molecule has 0 spiro atoms. The highest BCUT2D eigenvalue weighted by Crippen LogP contribution is 2.31. The Morgan fingerprint density at radius 1 is 1.15 bits per heavy atom. The molecule has 0 atom stereocenters. The molecule has 5 nitrogen and oxygen atoms in total. The molecule has 2 aromatic rings. The molecule has 1 saturated carbocycles. The number of fused-ring (bicyclic) bond motifs is 1. The van der Waals surface area contributed by atoms with Crippen LogP contribution < -0.4 is 10.2 Å². The first-order chi connectivity index (χ1) is 12.6. The minimum absolute atomic E-state index is 0.0326. The lowest BCUT2D eigenvalue weighted by atomic mass is 10.1. The van der Waals surface area contributed by atoms with E-state index < -0.39 is 0 Å². The minimum atomic E-state index is -0.265. The molecular formula is C20H20FN3O2. The van der Waals surface area contributed by atoms with E-state index in [1.165, 1.54) is 12.1 Å². The molecule has 2 aliphatic rings. The van der Waals surface area contributed by atoms with Gasteiger partial charge in [0.1, 0.15) is 12.4 Å². The van der Waals surface area contributed by atoms with Crippen molar-refractivity contribution < 1.29 is 14.0 Å². The van der Waals surface area contributed by atoms with Crippen LogP contribution in [0.25, 0.3) is 0 Å². The molecule has 4 rings (SSSR count). The maximum absolute atomic E-state index is 13.1. The van der Waals surface area contributed by atoms with Gasteiger partial charge >= 0.3 is 0 Å². The second-order valence-electron chi connectivity index (χ2n) is 6.81. The van der Waals surface area contributed by atoms with E-state index in [2.05, 4.69) is 10.2 Å². The molecule has 1 N–H and O–H groups in total. The number of hydrogen-bond acceptors (Lipinski definition) is 3. The molecule has 0 saturated heterocycles. The zero-order valence-corrected chi connectivity index (χ0v) is 14.3.